The third-order valence-corrected chi connectivity index (χ3v) is 3.88. The molecular formula is C20H22N4O3. The number of fused-ring (bicyclic) bond motifs is 1. The summed E-state index contributed by atoms with van der Waals surface area (Å²) in [5.41, 5.74) is 1.59. The summed E-state index contributed by atoms with van der Waals surface area (Å²) in [7, 11) is 1.59. The molecule has 140 valence electrons. The standard InChI is InChI=1S/C20H22N4O3/c1-3-12-27-16-9-7-15(13-17(16)26-2)8-10-20(25)21-14-19-23-22-18-6-4-5-11-24(18)19/h4-11,13H,3,12,14H2,1-2H3,(H,21,25)/b10-8+. The summed E-state index contributed by atoms with van der Waals surface area (Å²) in [5, 5.41) is 11.0. The molecule has 0 spiro atoms. The van der Waals surface area contributed by atoms with Crippen LogP contribution in [0.2, 0.25) is 0 Å². The summed E-state index contributed by atoms with van der Waals surface area (Å²) in [4.78, 5) is 12.1. The first-order valence-electron chi connectivity index (χ1n) is 8.76. The highest BCUT2D eigenvalue weighted by Crippen LogP contribution is 2.28. The first-order valence-corrected chi connectivity index (χ1v) is 8.76. The third-order valence-electron chi connectivity index (χ3n) is 3.88. The Morgan fingerprint density at radius 3 is 2.93 bits per heavy atom. The molecule has 1 N–H and O–H groups in total. The lowest BCUT2D eigenvalue weighted by atomic mass is 10.2. The molecule has 27 heavy (non-hydrogen) atoms. The number of pyridine rings is 1. The Balaban J connectivity index is 1.61. The average molecular weight is 366 g/mol. The van der Waals surface area contributed by atoms with Crippen molar-refractivity contribution in [3.05, 3.63) is 60.1 Å². The Hall–Kier alpha value is -3.35. The number of ether oxygens (including phenoxy) is 2. The molecule has 0 radical (unpaired) electrons. The first-order chi connectivity index (χ1) is 13.2. The second-order valence-electron chi connectivity index (χ2n) is 5.85. The van der Waals surface area contributed by atoms with Gasteiger partial charge in [0.25, 0.3) is 0 Å². The fourth-order valence-electron chi connectivity index (χ4n) is 2.53. The summed E-state index contributed by atoms with van der Waals surface area (Å²) in [6, 6.07) is 11.2. The molecule has 0 fully saturated rings. The van der Waals surface area contributed by atoms with Crippen LogP contribution in [0, 0.1) is 0 Å². The van der Waals surface area contributed by atoms with E-state index in [4.69, 9.17) is 9.47 Å². The second-order valence-corrected chi connectivity index (χ2v) is 5.85. The smallest absolute Gasteiger partial charge is 0.244 e. The predicted octanol–water partition coefficient (Wildman–Crippen LogP) is 2.86. The molecule has 2 aromatic heterocycles. The van der Waals surface area contributed by atoms with E-state index in [-0.39, 0.29) is 5.91 Å². The van der Waals surface area contributed by atoms with Crippen molar-refractivity contribution in [2.45, 2.75) is 19.9 Å². The van der Waals surface area contributed by atoms with Crippen LogP contribution in [0.3, 0.4) is 0 Å². The van der Waals surface area contributed by atoms with E-state index in [1.54, 1.807) is 13.2 Å². The van der Waals surface area contributed by atoms with Crippen molar-refractivity contribution in [3.8, 4) is 11.5 Å². The number of rotatable bonds is 8. The monoisotopic (exact) mass is 366 g/mol. The van der Waals surface area contributed by atoms with Gasteiger partial charge in [-0.05, 0) is 42.3 Å². The highest BCUT2D eigenvalue weighted by atomic mass is 16.5. The topological polar surface area (TPSA) is 77.8 Å². The van der Waals surface area contributed by atoms with Gasteiger partial charge in [-0.25, -0.2) is 0 Å². The number of methoxy groups -OCH3 is 1. The Morgan fingerprint density at radius 1 is 1.22 bits per heavy atom. The molecule has 2 heterocycles. The highest BCUT2D eigenvalue weighted by Gasteiger charge is 2.06. The van der Waals surface area contributed by atoms with Gasteiger partial charge in [-0.3, -0.25) is 9.20 Å². The summed E-state index contributed by atoms with van der Waals surface area (Å²) in [6.07, 6.45) is 5.99. The fraction of sp³-hybridized carbons (Fsp3) is 0.250. The molecule has 0 aliphatic rings. The number of hydrogen-bond donors (Lipinski definition) is 1. The maximum atomic E-state index is 12.1. The first kappa shape index (κ1) is 18.4. The van der Waals surface area contributed by atoms with Gasteiger partial charge in [0.1, 0.15) is 0 Å². The van der Waals surface area contributed by atoms with Crippen molar-refractivity contribution in [1.29, 1.82) is 0 Å². The highest BCUT2D eigenvalue weighted by molar-refractivity contribution is 5.91. The Labute approximate surface area is 157 Å². The molecule has 1 aromatic carbocycles. The van der Waals surface area contributed by atoms with E-state index in [1.807, 2.05) is 53.9 Å². The molecule has 0 aliphatic carbocycles. The van der Waals surface area contributed by atoms with E-state index in [1.165, 1.54) is 6.08 Å². The number of carbonyl (C=O) groups excluding carboxylic acids is 1. The van der Waals surface area contributed by atoms with Gasteiger partial charge < -0.3 is 14.8 Å². The molecule has 3 aromatic rings. The number of carbonyl (C=O) groups is 1. The minimum absolute atomic E-state index is 0.215. The zero-order chi connectivity index (χ0) is 19.1. The van der Waals surface area contributed by atoms with E-state index in [9.17, 15) is 4.79 Å². The zero-order valence-corrected chi connectivity index (χ0v) is 15.4. The molecular weight excluding hydrogens is 344 g/mol. The van der Waals surface area contributed by atoms with Gasteiger partial charge in [-0.15, -0.1) is 10.2 Å². The SMILES string of the molecule is CCCOc1ccc(/C=C/C(=O)NCc2nnc3ccccn23)cc1OC. The van der Waals surface area contributed by atoms with Crippen LogP contribution in [0.5, 0.6) is 11.5 Å². The zero-order valence-electron chi connectivity index (χ0n) is 15.4. The van der Waals surface area contributed by atoms with Gasteiger partial charge in [0.15, 0.2) is 23.0 Å². The summed E-state index contributed by atoms with van der Waals surface area (Å²) in [6.45, 7) is 2.97. The van der Waals surface area contributed by atoms with Gasteiger partial charge >= 0.3 is 0 Å². The van der Waals surface area contributed by atoms with Gasteiger partial charge in [0.2, 0.25) is 5.91 Å². The van der Waals surface area contributed by atoms with Crippen molar-refractivity contribution < 1.29 is 14.3 Å². The lowest BCUT2D eigenvalue weighted by Gasteiger charge is -2.10. The van der Waals surface area contributed by atoms with Crippen LogP contribution in [0.15, 0.2) is 48.7 Å². The Kier molecular flexibility index (Phi) is 6.04. The van der Waals surface area contributed by atoms with Gasteiger partial charge in [0.05, 0.1) is 20.3 Å². The van der Waals surface area contributed by atoms with Crippen molar-refractivity contribution in [2.24, 2.45) is 0 Å². The molecule has 0 atom stereocenters. The van der Waals surface area contributed by atoms with Crippen molar-refractivity contribution in [1.82, 2.24) is 19.9 Å². The number of nitrogens with zero attached hydrogens (tertiary/aromatic N) is 3. The lowest BCUT2D eigenvalue weighted by molar-refractivity contribution is -0.116. The fourth-order valence-corrected chi connectivity index (χ4v) is 2.53. The molecule has 3 rings (SSSR count). The van der Waals surface area contributed by atoms with Crippen molar-refractivity contribution >= 4 is 17.6 Å². The summed E-state index contributed by atoms with van der Waals surface area (Å²) < 4.78 is 12.8. The van der Waals surface area contributed by atoms with Crippen LogP contribution in [0.25, 0.3) is 11.7 Å². The van der Waals surface area contributed by atoms with E-state index in [0.717, 1.165) is 17.6 Å². The maximum absolute atomic E-state index is 12.1. The second kappa shape index (κ2) is 8.84. The maximum Gasteiger partial charge on any atom is 0.244 e. The largest absolute Gasteiger partial charge is 0.493 e. The molecule has 0 saturated heterocycles. The number of benzene rings is 1. The van der Waals surface area contributed by atoms with Crippen LogP contribution in [-0.4, -0.2) is 34.2 Å². The molecule has 0 aliphatic heterocycles. The van der Waals surface area contributed by atoms with E-state index in [0.29, 0.717) is 30.5 Å². The molecule has 7 heteroatoms. The molecule has 7 nitrogen and oxygen atoms in total. The minimum Gasteiger partial charge on any atom is -0.493 e. The predicted molar refractivity (Wildman–Crippen MR) is 103 cm³/mol. The Bertz CT molecular complexity index is 949. The van der Waals surface area contributed by atoms with Gasteiger partial charge in [0, 0.05) is 12.3 Å². The number of aromatic nitrogens is 3. The lowest BCUT2D eigenvalue weighted by Crippen LogP contribution is -2.21. The summed E-state index contributed by atoms with van der Waals surface area (Å²) >= 11 is 0. The van der Waals surface area contributed by atoms with Crippen molar-refractivity contribution in [2.75, 3.05) is 13.7 Å². The molecule has 1 amide bonds. The minimum atomic E-state index is -0.215. The number of nitrogens with one attached hydrogen (secondary N) is 1. The van der Waals surface area contributed by atoms with E-state index >= 15 is 0 Å². The summed E-state index contributed by atoms with van der Waals surface area (Å²) in [5.74, 6) is 1.79. The van der Waals surface area contributed by atoms with E-state index in [2.05, 4.69) is 15.5 Å². The van der Waals surface area contributed by atoms with Crippen LogP contribution < -0.4 is 14.8 Å². The van der Waals surface area contributed by atoms with Crippen LogP contribution in [0.1, 0.15) is 24.7 Å². The molecule has 0 saturated carbocycles. The number of hydrogen-bond acceptors (Lipinski definition) is 5. The normalized spacial score (nSPS) is 11.0. The van der Waals surface area contributed by atoms with Crippen LogP contribution in [-0.2, 0) is 11.3 Å². The van der Waals surface area contributed by atoms with Gasteiger partial charge in [-0.1, -0.05) is 19.1 Å². The average Bonchev–Trinajstić information content (AvgIpc) is 3.12. The quantitative estimate of drug-likeness (QED) is 0.620. The van der Waals surface area contributed by atoms with Crippen LogP contribution >= 0.6 is 0 Å². The Morgan fingerprint density at radius 2 is 2.11 bits per heavy atom. The van der Waals surface area contributed by atoms with E-state index < -0.39 is 0 Å². The molecule has 0 bridgehead atoms. The van der Waals surface area contributed by atoms with Crippen molar-refractivity contribution in [3.63, 3.8) is 0 Å². The number of amides is 1. The van der Waals surface area contributed by atoms with Crippen LogP contribution in [0.4, 0.5) is 0 Å². The third kappa shape index (κ3) is 4.63. The molecule has 0 unspecified atom stereocenters. The van der Waals surface area contributed by atoms with Gasteiger partial charge in [-0.2, -0.15) is 0 Å².